The van der Waals surface area contributed by atoms with Crippen LogP contribution in [0.25, 0.3) is 93.2 Å². The Morgan fingerprint density at radius 1 is 0.474 bits per heavy atom. The summed E-state index contributed by atoms with van der Waals surface area (Å²) in [6.45, 7) is 10.7. The highest BCUT2D eigenvalue weighted by molar-refractivity contribution is 6.13. The van der Waals surface area contributed by atoms with Crippen molar-refractivity contribution in [1.82, 2.24) is 9.13 Å². The summed E-state index contributed by atoms with van der Waals surface area (Å²) in [5.74, 6) is 0. The molecule has 2 aromatic heterocycles. The van der Waals surface area contributed by atoms with Gasteiger partial charge >= 0.3 is 6.18 Å². The van der Waals surface area contributed by atoms with Crippen LogP contribution in [0, 0.1) is 13.5 Å². The largest absolute Gasteiger partial charge is 0.417 e. The maximum absolute atomic E-state index is 15.1. The van der Waals surface area contributed by atoms with Crippen LogP contribution in [-0.2, 0) is 6.18 Å². The third kappa shape index (κ3) is 5.43. The van der Waals surface area contributed by atoms with E-state index < -0.39 is 11.7 Å². The van der Waals surface area contributed by atoms with Gasteiger partial charge in [-0.25, -0.2) is 4.85 Å². The van der Waals surface area contributed by atoms with Crippen LogP contribution in [0.1, 0.15) is 11.1 Å². The van der Waals surface area contributed by atoms with Crippen LogP contribution in [0.5, 0.6) is 0 Å². The fourth-order valence-electron chi connectivity index (χ4n) is 8.61. The molecule has 0 aliphatic carbocycles. The first-order chi connectivity index (χ1) is 27.8. The van der Waals surface area contributed by atoms with Crippen molar-refractivity contribution in [3.05, 3.63) is 198 Å². The van der Waals surface area contributed by atoms with Crippen molar-refractivity contribution in [2.24, 2.45) is 0 Å². The number of hydrogen-bond acceptors (Lipinski definition) is 0. The van der Waals surface area contributed by atoms with Crippen LogP contribution in [0.2, 0.25) is 0 Å². The summed E-state index contributed by atoms with van der Waals surface area (Å²) in [6, 6.07) is 56.6. The number of alkyl halides is 3. The molecular formula is C51H32F3N3. The van der Waals surface area contributed by atoms with E-state index >= 15 is 13.2 Å². The van der Waals surface area contributed by atoms with Gasteiger partial charge in [-0.3, -0.25) is 0 Å². The van der Waals surface area contributed by atoms with Gasteiger partial charge in [0, 0.05) is 21.5 Å². The van der Waals surface area contributed by atoms with Crippen molar-refractivity contribution in [3.8, 4) is 44.8 Å². The summed E-state index contributed by atoms with van der Waals surface area (Å²) in [6.07, 6.45) is -4.64. The predicted octanol–water partition coefficient (Wildman–Crippen LogP) is 14.8. The minimum absolute atomic E-state index is 0.0511. The average Bonchev–Trinajstić information content (AvgIpc) is 3.75. The SMILES string of the molecule is [C-]#[N+]c1c(-n2c3ccccc3c3ccc(-c4ccccc4)cc32)ccc(-c2c(C)cccc2C(F)(F)F)c1-n1c2ccccc2c2ccc(-c3ccccc3)cc21. The second kappa shape index (κ2) is 13.1. The molecular weight excluding hydrogens is 712 g/mol. The van der Waals surface area contributed by atoms with Gasteiger partial charge in [0.05, 0.1) is 45.6 Å². The van der Waals surface area contributed by atoms with Crippen LogP contribution in [0.15, 0.2) is 176 Å². The molecule has 2 heterocycles. The number of aromatic nitrogens is 2. The molecule has 0 N–H and O–H groups in total. The molecule has 0 atom stereocenters. The highest BCUT2D eigenvalue weighted by atomic mass is 19.4. The van der Waals surface area contributed by atoms with E-state index in [2.05, 4.69) is 64.0 Å². The quantitative estimate of drug-likeness (QED) is 0.156. The Kier molecular flexibility index (Phi) is 7.88. The van der Waals surface area contributed by atoms with Crippen molar-refractivity contribution in [2.45, 2.75) is 13.1 Å². The summed E-state index contributed by atoms with van der Waals surface area (Å²) >= 11 is 0. The van der Waals surface area contributed by atoms with Crippen molar-refractivity contribution >= 4 is 49.3 Å². The molecule has 0 saturated heterocycles. The average molecular weight is 744 g/mol. The van der Waals surface area contributed by atoms with Crippen LogP contribution in [0.3, 0.4) is 0 Å². The first kappa shape index (κ1) is 34.2. The van der Waals surface area contributed by atoms with Crippen molar-refractivity contribution in [2.75, 3.05) is 0 Å². The predicted molar refractivity (Wildman–Crippen MR) is 227 cm³/mol. The minimum atomic E-state index is -4.64. The standard InChI is InChI=1S/C51H32F3N3/c1-32-14-13-21-42(51(52,53)54)48(32)41-28-29-45(56-43-22-11-9-19-37(43)39-26-24-35(30-46(39)56)33-15-5-3-6-16-33)49(55-2)50(41)57-44-23-12-10-20-38(44)40-27-25-36(31-47(40)57)34-17-7-4-8-18-34/h3-31H,1H3. The summed E-state index contributed by atoms with van der Waals surface area (Å²) in [5.41, 5.74) is 8.69. The summed E-state index contributed by atoms with van der Waals surface area (Å²) < 4.78 is 49.3. The fourth-order valence-corrected chi connectivity index (χ4v) is 8.61. The molecule has 0 unspecified atom stereocenters. The zero-order chi connectivity index (χ0) is 38.8. The number of rotatable bonds is 5. The van der Waals surface area contributed by atoms with Crippen LogP contribution in [0.4, 0.5) is 18.9 Å². The normalized spacial score (nSPS) is 11.8. The highest BCUT2D eigenvalue weighted by Gasteiger charge is 2.36. The van der Waals surface area contributed by atoms with Gasteiger partial charge in [-0.2, -0.15) is 13.2 Å². The first-order valence-corrected chi connectivity index (χ1v) is 18.7. The van der Waals surface area contributed by atoms with E-state index in [-0.39, 0.29) is 11.3 Å². The molecule has 0 amide bonds. The Morgan fingerprint density at radius 3 is 1.54 bits per heavy atom. The molecule has 57 heavy (non-hydrogen) atoms. The highest BCUT2D eigenvalue weighted by Crippen LogP contribution is 2.49. The van der Waals surface area contributed by atoms with Gasteiger partial charge in [-0.15, -0.1) is 0 Å². The number of aryl methyl sites for hydroxylation is 1. The van der Waals surface area contributed by atoms with Crippen LogP contribution < -0.4 is 0 Å². The zero-order valence-electron chi connectivity index (χ0n) is 30.7. The lowest BCUT2D eigenvalue weighted by Gasteiger charge is -2.23. The number of halogens is 3. The fraction of sp³-hybridized carbons (Fsp3) is 0.0392. The molecule has 0 bridgehead atoms. The lowest BCUT2D eigenvalue weighted by Crippen LogP contribution is -2.10. The Bertz CT molecular complexity index is 3240. The number of benzene rings is 8. The Hall–Kier alpha value is -7.36. The summed E-state index contributed by atoms with van der Waals surface area (Å²) in [5, 5.41) is 3.89. The smallest absolute Gasteiger partial charge is 0.319 e. The minimum Gasteiger partial charge on any atom is -0.319 e. The Morgan fingerprint density at radius 2 is 0.982 bits per heavy atom. The van der Waals surface area contributed by atoms with Crippen molar-refractivity contribution in [1.29, 1.82) is 0 Å². The molecule has 272 valence electrons. The monoisotopic (exact) mass is 743 g/mol. The van der Waals surface area contributed by atoms with E-state index in [1.54, 1.807) is 19.1 Å². The first-order valence-electron chi connectivity index (χ1n) is 18.7. The topological polar surface area (TPSA) is 14.2 Å². The lowest BCUT2D eigenvalue weighted by molar-refractivity contribution is -0.137. The van der Waals surface area contributed by atoms with E-state index in [9.17, 15) is 0 Å². The Balaban J connectivity index is 1.38. The molecule has 0 aliphatic rings. The second-order valence-corrected chi connectivity index (χ2v) is 14.3. The lowest BCUT2D eigenvalue weighted by atomic mass is 9.92. The number of para-hydroxylation sites is 2. The summed E-state index contributed by atoms with van der Waals surface area (Å²) in [7, 11) is 0. The Labute approximate surface area is 326 Å². The molecule has 0 aliphatic heterocycles. The molecule has 10 rings (SSSR count). The van der Waals surface area contributed by atoms with Crippen molar-refractivity contribution < 1.29 is 13.2 Å². The molecule has 3 nitrogen and oxygen atoms in total. The maximum atomic E-state index is 15.1. The van der Waals surface area contributed by atoms with E-state index in [1.165, 1.54) is 6.07 Å². The van der Waals surface area contributed by atoms with Gasteiger partial charge in [0.25, 0.3) is 0 Å². The third-order valence-corrected chi connectivity index (χ3v) is 11.1. The molecule has 0 radical (unpaired) electrons. The third-order valence-electron chi connectivity index (χ3n) is 11.1. The van der Waals surface area contributed by atoms with Crippen LogP contribution >= 0.6 is 0 Å². The van der Waals surface area contributed by atoms with Gasteiger partial charge in [-0.1, -0.05) is 140 Å². The zero-order valence-corrected chi connectivity index (χ0v) is 30.7. The van der Waals surface area contributed by atoms with E-state index in [0.717, 1.165) is 71.9 Å². The molecule has 8 aromatic carbocycles. The van der Waals surface area contributed by atoms with Gasteiger partial charge < -0.3 is 9.13 Å². The van der Waals surface area contributed by atoms with E-state index in [0.29, 0.717) is 22.5 Å². The molecule has 0 spiro atoms. The molecule has 0 fully saturated rings. The van der Waals surface area contributed by atoms with Gasteiger partial charge in [0.2, 0.25) is 5.69 Å². The van der Waals surface area contributed by atoms with Gasteiger partial charge in [0.15, 0.2) is 0 Å². The maximum Gasteiger partial charge on any atom is 0.417 e. The van der Waals surface area contributed by atoms with E-state index in [1.807, 2.05) is 102 Å². The van der Waals surface area contributed by atoms with Gasteiger partial charge in [-0.05, 0) is 82.3 Å². The van der Waals surface area contributed by atoms with E-state index in [4.69, 9.17) is 6.57 Å². The molecule has 0 saturated carbocycles. The van der Waals surface area contributed by atoms with Gasteiger partial charge in [0.1, 0.15) is 0 Å². The van der Waals surface area contributed by atoms with Crippen molar-refractivity contribution in [3.63, 3.8) is 0 Å². The summed E-state index contributed by atoms with van der Waals surface area (Å²) in [4.78, 5) is 4.31. The van der Waals surface area contributed by atoms with Crippen LogP contribution in [-0.4, -0.2) is 9.13 Å². The number of nitrogens with zero attached hydrogens (tertiary/aromatic N) is 3. The molecule has 10 aromatic rings. The number of fused-ring (bicyclic) bond motifs is 6. The number of hydrogen-bond donors (Lipinski definition) is 0. The molecule has 6 heteroatoms. The second-order valence-electron chi connectivity index (χ2n) is 14.3.